The maximum absolute atomic E-state index is 5.35. The molecule has 3 aliphatic rings. The molecule has 2 atom stereocenters. The summed E-state index contributed by atoms with van der Waals surface area (Å²) in [5.41, 5.74) is 20.3. The van der Waals surface area contributed by atoms with Gasteiger partial charge in [0.1, 0.15) is 5.82 Å². The lowest BCUT2D eigenvalue weighted by Crippen LogP contribution is -2.12. The summed E-state index contributed by atoms with van der Waals surface area (Å²) in [6, 6.07) is 70.4. The van der Waals surface area contributed by atoms with Gasteiger partial charge in [-0.25, -0.2) is 15.0 Å². The minimum Gasteiger partial charge on any atom is -0.212 e. The summed E-state index contributed by atoms with van der Waals surface area (Å²) in [4.78, 5) is 15.8. The molecular formula is C54H35N3. The van der Waals surface area contributed by atoms with E-state index in [1.165, 1.54) is 77.9 Å². The lowest BCUT2D eigenvalue weighted by atomic mass is 9.81. The van der Waals surface area contributed by atoms with Crippen molar-refractivity contribution < 1.29 is 0 Å². The highest BCUT2D eigenvalue weighted by Crippen LogP contribution is 2.58. The first kappa shape index (κ1) is 32.1. The summed E-state index contributed by atoms with van der Waals surface area (Å²) in [6.45, 7) is 0. The molecule has 0 N–H and O–H groups in total. The van der Waals surface area contributed by atoms with Gasteiger partial charge in [0.05, 0.1) is 5.92 Å². The van der Waals surface area contributed by atoms with Gasteiger partial charge in [-0.2, -0.15) is 0 Å². The van der Waals surface area contributed by atoms with Gasteiger partial charge in [0.25, 0.3) is 0 Å². The maximum Gasteiger partial charge on any atom is 0.163 e. The summed E-state index contributed by atoms with van der Waals surface area (Å²) in [7, 11) is 0. The van der Waals surface area contributed by atoms with Crippen LogP contribution in [0.5, 0.6) is 0 Å². The Kier molecular flexibility index (Phi) is 7.12. The van der Waals surface area contributed by atoms with Gasteiger partial charge in [-0.05, 0) is 77.9 Å². The molecule has 0 amide bonds. The summed E-state index contributed by atoms with van der Waals surface area (Å²) in [5, 5.41) is 0. The van der Waals surface area contributed by atoms with Gasteiger partial charge in [-0.15, -0.1) is 0 Å². The third-order valence-corrected chi connectivity index (χ3v) is 12.4. The van der Waals surface area contributed by atoms with Crippen molar-refractivity contribution in [1.82, 2.24) is 15.0 Å². The molecule has 0 saturated carbocycles. The molecular weight excluding hydrogens is 691 g/mol. The smallest absolute Gasteiger partial charge is 0.163 e. The number of rotatable bonds is 5. The first-order chi connectivity index (χ1) is 28.3. The molecule has 0 fully saturated rings. The highest BCUT2D eigenvalue weighted by molar-refractivity contribution is 5.91. The fraction of sp³-hybridized carbons (Fsp3) is 0.0556. The Morgan fingerprint density at radius 3 is 1.09 bits per heavy atom. The van der Waals surface area contributed by atoms with Crippen LogP contribution in [0.3, 0.4) is 0 Å². The predicted molar refractivity (Wildman–Crippen MR) is 229 cm³/mol. The molecule has 266 valence electrons. The number of hydrogen-bond donors (Lipinski definition) is 0. The number of benzene rings is 8. The Hall–Kier alpha value is -7.23. The summed E-state index contributed by atoms with van der Waals surface area (Å²) in [5.74, 6) is 2.21. The van der Waals surface area contributed by atoms with Crippen molar-refractivity contribution in [3.8, 4) is 56.2 Å². The standard InChI is InChI=1S/C54H35N3/c1-3-15-35(16-4-1)52-55-53(36-17-5-2-6-18-36)57-54(56-52)51-44-26-14-10-22-40(44)46-32-31-45-39-21-9-13-25-43(39)48(49(45)50(46)51)34-29-27-33(28-30-34)47-41-23-11-7-19-37(41)38-20-8-12-24-42(38)47/h1-32,47-48,51H. The van der Waals surface area contributed by atoms with E-state index in [1.54, 1.807) is 0 Å². The average Bonchev–Trinajstić information content (AvgIpc) is 3.93. The molecule has 1 aromatic heterocycles. The van der Waals surface area contributed by atoms with Gasteiger partial charge in [-0.1, -0.05) is 194 Å². The molecule has 8 aromatic carbocycles. The van der Waals surface area contributed by atoms with E-state index in [1.807, 2.05) is 36.4 Å². The van der Waals surface area contributed by atoms with E-state index in [4.69, 9.17) is 15.0 Å². The molecule has 57 heavy (non-hydrogen) atoms. The van der Waals surface area contributed by atoms with Crippen LogP contribution in [0.2, 0.25) is 0 Å². The van der Waals surface area contributed by atoms with Crippen LogP contribution in [0.15, 0.2) is 194 Å². The monoisotopic (exact) mass is 725 g/mol. The van der Waals surface area contributed by atoms with Crippen molar-refractivity contribution in [1.29, 1.82) is 0 Å². The van der Waals surface area contributed by atoms with E-state index in [0.29, 0.717) is 11.6 Å². The third-order valence-electron chi connectivity index (χ3n) is 12.4. The molecule has 3 aliphatic carbocycles. The number of nitrogens with zero attached hydrogens (tertiary/aromatic N) is 3. The van der Waals surface area contributed by atoms with E-state index in [9.17, 15) is 0 Å². The Labute approximate surface area is 332 Å². The fourth-order valence-electron chi connectivity index (χ4n) is 9.99. The normalized spacial score (nSPS) is 15.6. The quantitative estimate of drug-likeness (QED) is 0.177. The maximum atomic E-state index is 5.35. The molecule has 1 heterocycles. The zero-order valence-corrected chi connectivity index (χ0v) is 31.0. The summed E-state index contributed by atoms with van der Waals surface area (Å²) < 4.78 is 0. The average molecular weight is 726 g/mol. The van der Waals surface area contributed by atoms with Gasteiger partial charge in [0.2, 0.25) is 0 Å². The van der Waals surface area contributed by atoms with Gasteiger partial charge in [0, 0.05) is 23.0 Å². The van der Waals surface area contributed by atoms with E-state index < -0.39 is 0 Å². The second-order valence-electron chi connectivity index (χ2n) is 15.4. The minimum absolute atomic E-state index is 0.0455. The molecule has 0 spiro atoms. The molecule has 0 radical (unpaired) electrons. The van der Waals surface area contributed by atoms with Crippen LogP contribution in [0, 0.1) is 0 Å². The molecule has 9 aromatic rings. The second-order valence-corrected chi connectivity index (χ2v) is 15.4. The van der Waals surface area contributed by atoms with E-state index in [-0.39, 0.29) is 17.8 Å². The predicted octanol–water partition coefficient (Wildman–Crippen LogP) is 12.7. The largest absolute Gasteiger partial charge is 0.212 e. The topological polar surface area (TPSA) is 38.7 Å². The number of hydrogen-bond acceptors (Lipinski definition) is 3. The number of fused-ring (bicyclic) bond motifs is 10. The van der Waals surface area contributed by atoms with Crippen molar-refractivity contribution in [2.75, 3.05) is 0 Å². The van der Waals surface area contributed by atoms with E-state index >= 15 is 0 Å². The summed E-state index contributed by atoms with van der Waals surface area (Å²) >= 11 is 0. The molecule has 3 heteroatoms. The van der Waals surface area contributed by atoms with E-state index in [2.05, 4.69) is 158 Å². The molecule has 0 aliphatic heterocycles. The van der Waals surface area contributed by atoms with E-state index in [0.717, 1.165) is 17.0 Å². The molecule has 12 rings (SSSR count). The lowest BCUT2D eigenvalue weighted by molar-refractivity contribution is 0.839. The first-order valence-electron chi connectivity index (χ1n) is 19.8. The van der Waals surface area contributed by atoms with Gasteiger partial charge in [-0.3, -0.25) is 0 Å². The highest BCUT2D eigenvalue weighted by Gasteiger charge is 2.41. The SMILES string of the molecule is c1ccc(-c2nc(-c3ccccc3)nc(C3c4ccccc4-c4ccc5c(c43)C(c3ccc(C4c6ccccc6-c6ccccc64)cc3)c3ccccc3-5)n2)cc1. The zero-order chi connectivity index (χ0) is 37.5. The Balaban J connectivity index is 1.05. The van der Waals surface area contributed by atoms with Crippen LogP contribution in [0.25, 0.3) is 56.2 Å². The van der Waals surface area contributed by atoms with Crippen LogP contribution in [0.4, 0.5) is 0 Å². The van der Waals surface area contributed by atoms with Crippen molar-refractivity contribution in [2.45, 2.75) is 17.8 Å². The highest BCUT2D eigenvalue weighted by atomic mass is 15.0. The molecule has 3 nitrogen and oxygen atoms in total. The second kappa shape index (κ2) is 12.7. The zero-order valence-electron chi connectivity index (χ0n) is 31.0. The van der Waals surface area contributed by atoms with Crippen LogP contribution in [0.1, 0.15) is 68.1 Å². The molecule has 0 saturated heterocycles. The van der Waals surface area contributed by atoms with Gasteiger partial charge < -0.3 is 0 Å². The Bertz CT molecular complexity index is 2920. The van der Waals surface area contributed by atoms with Crippen LogP contribution >= 0.6 is 0 Å². The van der Waals surface area contributed by atoms with Crippen LogP contribution < -0.4 is 0 Å². The van der Waals surface area contributed by atoms with Crippen molar-refractivity contribution in [3.63, 3.8) is 0 Å². The minimum atomic E-state index is -0.179. The van der Waals surface area contributed by atoms with Crippen molar-refractivity contribution >= 4 is 0 Å². The molecule has 0 bridgehead atoms. The lowest BCUT2D eigenvalue weighted by Gasteiger charge is -2.23. The first-order valence-corrected chi connectivity index (χ1v) is 19.8. The molecule has 2 unspecified atom stereocenters. The third kappa shape index (κ3) is 4.89. The van der Waals surface area contributed by atoms with Crippen LogP contribution in [-0.2, 0) is 0 Å². The van der Waals surface area contributed by atoms with Crippen molar-refractivity contribution in [2.24, 2.45) is 0 Å². The van der Waals surface area contributed by atoms with Gasteiger partial charge >= 0.3 is 0 Å². The Morgan fingerprint density at radius 1 is 0.263 bits per heavy atom. The summed E-state index contributed by atoms with van der Waals surface area (Å²) in [6.07, 6.45) is 0. The Morgan fingerprint density at radius 2 is 0.614 bits per heavy atom. The fourth-order valence-corrected chi connectivity index (χ4v) is 9.99. The van der Waals surface area contributed by atoms with Crippen molar-refractivity contribution in [3.05, 3.63) is 244 Å². The van der Waals surface area contributed by atoms with Crippen LogP contribution in [-0.4, -0.2) is 15.0 Å². The van der Waals surface area contributed by atoms with Gasteiger partial charge in [0.15, 0.2) is 11.6 Å². The number of aromatic nitrogens is 3.